The molecule has 0 N–H and O–H groups in total. The van der Waals surface area contributed by atoms with Gasteiger partial charge in [-0.1, -0.05) is 146 Å². The molecule has 0 aliphatic heterocycles. The Labute approximate surface area is 278 Å². The fourth-order valence-corrected chi connectivity index (χ4v) is 9.19. The van der Waals surface area contributed by atoms with Gasteiger partial charge in [-0.2, -0.15) is 0 Å². The van der Waals surface area contributed by atoms with Gasteiger partial charge < -0.3 is 0 Å². The summed E-state index contributed by atoms with van der Waals surface area (Å²) in [6.45, 7) is 4.48. The first-order valence-electron chi connectivity index (χ1n) is 16.9. The lowest BCUT2D eigenvalue weighted by Crippen LogP contribution is -1.94. The molecule has 0 radical (unpaired) electrons. The average molecular weight is 607 g/mol. The van der Waals surface area contributed by atoms with Gasteiger partial charge in [0, 0.05) is 0 Å². The van der Waals surface area contributed by atoms with Crippen LogP contribution in [0.4, 0.5) is 0 Å². The van der Waals surface area contributed by atoms with Gasteiger partial charge >= 0.3 is 0 Å². The maximum Gasteiger partial charge on any atom is -0.00179 e. The lowest BCUT2D eigenvalue weighted by Gasteiger charge is -2.22. The van der Waals surface area contributed by atoms with E-state index >= 15 is 0 Å². The minimum Gasteiger partial charge on any atom is -0.0616 e. The first-order valence-corrected chi connectivity index (χ1v) is 16.9. The quantitative estimate of drug-likeness (QED) is 0.136. The summed E-state index contributed by atoms with van der Waals surface area (Å²) in [5.41, 5.74) is 13.2. The highest BCUT2D eigenvalue weighted by Crippen LogP contribution is 2.52. The molecule has 0 atom stereocenters. The van der Waals surface area contributed by atoms with Crippen LogP contribution < -0.4 is 0 Å². The Kier molecular flexibility index (Phi) is 5.07. The molecule has 10 aromatic carbocycles. The molecule has 10 aromatic rings. The number of hydrogen-bond acceptors (Lipinski definition) is 0. The van der Waals surface area contributed by atoms with E-state index in [-0.39, 0.29) is 0 Å². The van der Waals surface area contributed by atoms with Crippen LogP contribution in [0.3, 0.4) is 0 Å². The fraction of sp³-hybridized carbons (Fsp3) is 0.0417. The van der Waals surface area contributed by atoms with E-state index in [2.05, 4.69) is 159 Å². The number of rotatable bonds is 2. The smallest absolute Gasteiger partial charge is 0.00179 e. The Morgan fingerprint density at radius 3 is 1.42 bits per heavy atom. The van der Waals surface area contributed by atoms with Crippen molar-refractivity contribution in [1.29, 1.82) is 0 Å². The standard InChI is InChI=1S/C48H30/c1-27-24-29-18-20-31-28(2)26-43(42-21-19-30(25-27)44(29)48(31)42)47-37-14-7-5-12-35(37)46(36-13-6-8-15-38(36)47)41-23-22-40-33-11-4-3-10-32(33)34-16-9-17-39(41)45(34)40/h3-26H,1-2H3. The molecule has 1 aliphatic carbocycles. The van der Waals surface area contributed by atoms with Crippen LogP contribution in [0.2, 0.25) is 0 Å². The lowest BCUT2D eigenvalue weighted by molar-refractivity contribution is 1.52. The zero-order valence-electron chi connectivity index (χ0n) is 26.9. The SMILES string of the molecule is Cc1cc2ccc3c(C)cc(-c4c5ccccc5c(-c5ccc6c7c(cccc57)-c5ccccc5-6)c5ccccc45)c4ccc(c1)c2c34. The Balaban J connectivity index is 1.28. The van der Waals surface area contributed by atoms with E-state index in [0.29, 0.717) is 0 Å². The maximum absolute atomic E-state index is 2.44. The summed E-state index contributed by atoms with van der Waals surface area (Å²) in [7, 11) is 0. The third kappa shape index (κ3) is 3.29. The number of aryl methyl sites for hydroxylation is 2. The van der Waals surface area contributed by atoms with Gasteiger partial charge in [-0.15, -0.1) is 0 Å². The van der Waals surface area contributed by atoms with E-state index in [1.54, 1.807) is 0 Å². The predicted molar refractivity (Wildman–Crippen MR) is 207 cm³/mol. The molecule has 0 unspecified atom stereocenters. The molecule has 222 valence electrons. The molecule has 0 spiro atoms. The van der Waals surface area contributed by atoms with Crippen LogP contribution in [0.15, 0.2) is 146 Å². The van der Waals surface area contributed by atoms with Crippen molar-refractivity contribution in [2.24, 2.45) is 0 Å². The molecular weight excluding hydrogens is 577 g/mol. The molecule has 0 bridgehead atoms. The monoisotopic (exact) mass is 606 g/mol. The molecule has 0 amide bonds. The van der Waals surface area contributed by atoms with E-state index < -0.39 is 0 Å². The molecule has 48 heavy (non-hydrogen) atoms. The van der Waals surface area contributed by atoms with E-state index in [9.17, 15) is 0 Å². The Morgan fingerprint density at radius 1 is 0.292 bits per heavy atom. The highest BCUT2D eigenvalue weighted by Gasteiger charge is 2.25. The molecule has 0 heterocycles. The van der Waals surface area contributed by atoms with E-state index in [0.717, 1.165) is 0 Å². The summed E-state index contributed by atoms with van der Waals surface area (Å²) in [5, 5.41) is 15.9. The van der Waals surface area contributed by atoms with Crippen LogP contribution in [0.5, 0.6) is 0 Å². The van der Waals surface area contributed by atoms with Crippen molar-refractivity contribution in [2.75, 3.05) is 0 Å². The summed E-state index contributed by atoms with van der Waals surface area (Å²) in [6, 6.07) is 55.1. The third-order valence-electron chi connectivity index (χ3n) is 11.1. The van der Waals surface area contributed by atoms with Crippen molar-refractivity contribution in [2.45, 2.75) is 13.8 Å². The largest absolute Gasteiger partial charge is 0.0616 e. The van der Waals surface area contributed by atoms with Gasteiger partial charge in [0.25, 0.3) is 0 Å². The van der Waals surface area contributed by atoms with Crippen molar-refractivity contribution in [1.82, 2.24) is 0 Å². The van der Waals surface area contributed by atoms with Crippen molar-refractivity contribution in [3.8, 4) is 44.5 Å². The maximum atomic E-state index is 2.44. The summed E-state index contributed by atoms with van der Waals surface area (Å²) >= 11 is 0. The van der Waals surface area contributed by atoms with Gasteiger partial charge in [0.05, 0.1) is 0 Å². The number of fused-ring (bicyclic) bond motifs is 5. The van der Waals surface area contributed by atoms with Crippen LogP contribution >= 0.6 is 0 Å². The Morgan fingerprint density at radius 2 is 0.771 bits per heavy atom. The molecule has 11 rings (SSSR count). The molecule has 0 fully saturated rings. The molecule has 0 nitrogen and oxygen atoms in total. The zero-order valence-corrected chi connectivity index (χ0v) is 26.9. The van der Waals surface area contributed by atoms with Crippen molar-refractivity contribution in [3.63, 3.8) is 0 Å². The first kappa shape index (κ1) is 26.1. The predicted octanol–water partition coefficient (Wildman–Crippen LogP) is 13.6. The second-order valence-electron chi connectivity index (χ2n) is 13.7. The van der Waals surface area contributed by atoms with Gasteiger partial charge in [-0.25, -0.2) is 0 Å². The normalized spacial score (nSPS) is 12.4. The molecule has 1 aliphatic rings. The minimum absolute atomic E-state index is 1.29. The van der Waals surface area contributed by atoms with E-state index in [4.69, 9.17) is 0 Å². The second-order valence-corrected chi connectivity index (χ2v) is 13.7. The van der Waals surface area contributed by atoms with Gasteiger partial charge in [-0.05, 0) is 134 Å². The van der Waals surface area contributed by atoms with Crippen LogP contribution in [-0.4, -0.2) is 0 Å². The minimum atomic E-state index is 1.29. The van der Waals surface area contributed by atoms with Gasteiger partial charge in [0.2, 0.25) is 0 Å². The molecule has 0 saturated heterocycles. The van der Waals surface area contributed by atoms with Gasteiger partial charge in [-0.3, -0.25) is 0 Å². The third-order valence-corrected chi connectivity index (χ3v) is 11.1. The van der Waals surface area contributed by atoms with E-state index in [1.165, 1.54) is 120 Å². The Hall–Kier alpha value is -5.98. The average Bonchev–Trinajstić information content (AvgIpc) is 3.45. The van der Waals surface area contributed by atoms with Gasteiger partial charge in [0.1, 0.15) is 0 Å². The van der Waals surface area contributed by atoms with Crippen molar-refractivity contribution in [3.05, 3.63) is 157 Å². The topological polar surface area (TPSA) is 0 Å². The lowest BCUT2D eigenvalue weighted by atomic mass is 9.81. The highest BCUT2D eigenvalue weighted by atomic mass is 14.3. The van der Waals surface area contributed by atoms with Crippen molar-refractivity contribution < 1.29 is 0 Å². The summed E-state index contributed by atoms with van der Waals surface area (Å²) < 4.78 is 0. The van der Waals surface area contributed by atoms with E-state index in [1.807, 2.05) is 0 Å². The fourth-order valence-electron chi connectivity index (χ4n) is 9.19. The molecular formula is C48H30. The Bertz CT molecular complexity index is 2910. The van der Waals surface area contributed by atoms with Crippen molar-refractivity contribution >= 4 is 64.6 Å². The molecule has 0 saturated carbocycles. The summed E-state index contributed by atoms with van der Waals surface area (Å²) in [5.74, 6) is 0. The summed E-state index contributed by atoms with van der Waals surface area (Å²) in [6.07, 6.45) is 0. The first-order chi connectivity index (χ1) is 23.7. The molecule has 0 heteroatoms. The van der Waals surface area contributed by atoms with Crippen LogP contribution in [0.1, 0.15) is 11.1 Å². The van der Waals surface area contributed by atoms with Gasteiger partial charge in [0.15, 0.2) is 0 Å². The zero-order chi connectivity index (χ0) is 31.7. The second kappa shape index (κ2) is 9.31. The van der Waals surface area contributed by atoms with Crippen LogP contribution in [0.25, 0.3) is 109 Å². The molecule has 0 aromatic heterocycles. The number of hydrogen-bond donors (Lipinski definition) is 0. The van der Waals surface area contributed by atoms with Crippen LogP contribution in [-0.2, 0) is 0 Å². The summed E-state index contributed by atoms with van der Waals surface area (Å²) in [4.78, 5) is 0. The highest BCUT2D eigenvalue weighted by molar-refractivity contribution is 6.31. The van der Waals surface area contributed by atoms with Crippen LogP contribution in [0, 0.1) is 13.8 Å². The number of benzene rings is 10.